The summed E-state index contributed by atoms with van der Waals surface area (Å²) in [7, 11) is 0. The molecule has 1 heterocycles. The van der Waals surface area contributed by atoms with Crippen molar-refractivity contribution in [3.63, 3.8) is 0 Å². The van der Waals surface area contributed by atoms with E-state index in [4.69, 9.17) is 5.21 Å². The minimum atomic E-state index is -3.36. The minimum absolute atomic E-state index is 0.00855. The number of nitrogens with zero attached hydrogens (tertiary/aromatic N) is 3. The third kappa shape index (κ3) is 5.55. The van der Waals surface area contributed by atoms with Crippen LogP contribution in [0.5, 0.6) is 0 Å². The first kappa shape index (κ1) is 21.4. The molecule has 5 N–H and O–H groups in total. The average Bonchev–Trinajstić information content (AvgIpc) is 3.22. The molecule has 0 saturated carbocycles. The van der Waals surface area contributed by atoms with Crippen LogP contribution < -0.4 is 10.8 Å². The van der Waals surface area contributed by atoms with Gasteiger partial charge in [0.05, 0.1) is 0 Å². The average molecular weight is 404 g/mol. The predicted octanol–water partition coefficient (Wildman–Crippen LogP) is -0.777. The van der Waals surface area contributed by atoms with E-state index in [2.05, 4.69) is 44.3 Å². The SMILES string of the molecule is CC(O)(C(F)F)[C@H](NC(=O)c1ccc(C#CC#Cc2nn[nH]n2)cc1)C(=O)NO. The second-order valence-electron chi connectivity index (χ2n) is 5.72. The summed E-state index contributed by atoms with van der Waals surface area (Å²) < 4.78 is 26.0. The number of hydrogen-bond acceptors (Lipinski definition) is 7. The fraction of sp³-hybridized carbons (Fsp3) is 0.235. The molecule has 2 rings (SSSR count). The van der Waals surface area contributed by atoms with Gasteiger partial charge in [0, 0.05) is 11.1 Å². The van der Waals surface area contributed by atoms with Gasteiger partial charge in [0.25, 0.3) is 18.2 Å². The number of aliphatic hydroxyl groups is 1. The summed E-state index contributed by atoms with van der Waals surface area (Å²) in [5.74, 6) is 8.15. The third-order valence-corrected chi connectivity index (χ3v) is 3.61. The Morgan fingerprint density at radius 1 is 1.21 bits per heavy atom. The summed E-state index contributed by atoms with van der Waals surface area (Å²) in [5.41, 5.74) is -1.27. The summed E-state index contributed by atoms with van der Waals surface area (Å²) in [6.07, 6.45) is -3.36. The maximum Gasteiger partial charge on any atom is 0.269 e. The second-order valence-corrected chi connectivity index (χ2v) is 5.72. The second kappa shape index (κ2) is 9.36. The highest BCUT2D eigenvalue weighted by Gasteiger charge is 2.46. The first-order valence-electron chi connectivity index (χ1n) is 7.86. The van der Waals surface area contributed by atoms with Crippen LogP contribution in [0.15, 0.2) is 24.3 Å². The van der Waals surface area contributed by atoms with Gasteiger partial charge in [0.1, 0.15) is 6.04 Å². The van der Waals surface area contributed by atoms with Gasteiger partial charge in [-0.2, -0.15) is 5.21 Å². The van der Waals surface area contributed by atoms with Gasteiger partial charge in [0.2, 0.25) is 5.82 Å². The molecule has 0 aliphatic rings. The first-order valence-corrected chi connectivity index (χ1v) is 7.86. The number of nitrogens with one attached hydrogen (secondary N) is 3. The van der Waals surface area contributed by atoms with E-state index in [1.807, 2.05) is 5.32 Å². The summed E-state index contributed by atoms with van der Waals surface area (Å²) in [6.45, 7) is 0.659. The number of H-pyrrole nitrogens is 1. The van der Waals surface area contributed by atoms with Crippen LogP contribution in [0.1, 0.15) is 28.7 Å². The van der Waals surface area contributed by atoms with E-state index in [9.17, 15) is 23.5 Å². The highest BCUT2D eigenvalue weighted by Crippen LogP contribution is 2.20. The highest BCUT2D eigenvalue weighted by molar-refractivity contribution is 5.97. The van der Waals surface area contributed by atoms with Gasteiger partial charge in [-0.15, -0.1) is 5.10 Å². The Labute approximate surface area is 162 Å². The zero-order valence-electron chi connectivity index (χ0n) is 14.8. The van der Waals surface area contributed by atoms with Crippen LogP contribution in [-0.4, -0.2) is 60.8 Å². The summed E-state index contributed by atoms with van der Waals surface area (Å²) in [4.78, 5) is 23.8. The molecular weight excluding hydrogens is 390 g/mol. The summed E-state index contributed by atoms with van der Waals surface area (Å²) in [6, 6.07) is 3.49. The van der Waals surface area contributed by atoms with Crippen molar-refractivity contribution in [2.45, 2.75) is 25.0 Å². The van der Waals surface area contributed by atoms with Gasteiger partial charge < -0.3 is 10.4 Å². The lowest BCUT2D eigenvalue weighted by molar-refractivity contribution is -0.149. The molecule has 1 aromatic carbocycles. The molecule has 0 radical (unpaired) electrons. The van der Waals surface area contributed by atoms with E-state index < -0.39 is 29.9 Å². The van der Waals surface area contributed by atoms with Crippen molar-refractivity contribution in [3.05, 3.63) is 41.2 Å². The minimum Gasteiger partial charge on any atom is -0.381 e. The van der Waals surface area contributed by atoms with Gasteiger partial charge in [0.15, 0.2) is 5.60 Å². The molecule has 12 heteroatoms. The zero-order chi connectivity index (χ0) is 21.4. The number of hydrogen-bond donors (Lipinski definition) is 5. The largest absolute Gasteiger partial charge is 0.381 e. The molecule has 10 nitrogen and oxygen atoms in total. The molecule has 0 saturated heterocycles. The van der Waals surface area contributed by atoms with Crippen molar-refractivity contribution in [2.75, 3.05) is 0 Å². The van der Waals surface area contributed by atoms with E-state index in [0.29, 0.717) is 12.5 Å². The van der Waals surface area contributed by atoms with Crippen LogP contribution in [0, 0.1) is 23.7 Å². The zero-order valence-corrected chi connectivity index (χ0v) is 14.8. The van der Waals surface area contributed by atoms with E-state index in [1.165, 1.54) is 24.3 Å². The standard InChI is InChI=1S/C17H14F2N6O4/c1-17(28,16(18)19)13(15(27)23-29)20-14(26)11-8-6-10(7-9-11)4-2-3-5-12-21-24-25-22-12/h6-9,13,16,28-29H,1H3,(H,20,26)(H,23,27)(H,21,22,24,25)/t13-,17?/m1/s1. The maximum atomic E-state index is 13.0. The molecule has 150 valence electrons. The quantitative estimate of drug-likeness (QED) is 0.249. The maximum absolute atomic E-state index is 13.0. The van der Waals surface area contributed by atoms with E-state index in [-0.39, 0.29) is 11.4 Å². The number of aromatic amines is 1. The van der Waals surface area contributed by atoms with E-state index in [0.717, 1.165) is 5.48 Å². The molecule has 2 aromatic rings. The number of rotatable bonds is 5. The number of carbonyl (C=O) groups is 2. The van der Waals surface area contributed by atoms with E-state index >= 15 is 0 Å². The Balaban J connectivity index is 2.10. The highest BCUT2D eigenvalue weighted by atomic mass is 19.3. The van der Waals surface area contributed by atoms with Gasteiger partial charge in [-0.25, -0.2) is 14.3 Å². The van der Waals surface area contributed by atoms with Crippen molar-refractivity contribution >= 4 is 11.8 Å². The van der Waals surface area contributed by atoms with Gasteiger partial charge in [-0.1, -0.05) is 11.0 Å². The first-order chi connectivity index (χ1) is 13.8. The van der Waals surface area contributed by atoms with Crippen LogP contribution in [0.3, 0.4) is 0 Å². The molecule has 0 aliphatic heterocycles. The number of hydroxylamine groups is 1. The van der Waals surface area contributed by atoms with Gasteiger partial charge in [-0.05, 0) is 54.2 Å². The Morgan fingerprint density at radius 2 is 1.86 bits per heavy atom. The van der Waals surface area contributed by atoms with Crippen molar-refractivity contribution in [1.29, 1.82) is 0 Å². The Morgan fingerprint density at radius 3 is 2.41 bits per heavy atom. The van der Waals surface area contributed by atoms with Crippen LogP contribution in [0.25, 0.3) is 0 Å². The molecular formula is C17H14F2N6O4. The fourth-order valence-corrected chi connectivity index (χ4v) is 1.99. The Bertz CT molecular complexity index is 985. The third-order valence-electron chi connectivity index (χ3n) is 3.61. The summed E-state index contributed by atoms with van der Waals surface area (Å²) in [5, 5.41) is 33.3. The molecule has 1 aromatic heterocycles. The van der Waals surface area contributed by atoms with Crippen molar-refractivity contribution < 1.29 is 28.7 Å². The fourth-order valence-electron chi connectivity index (χ4n) is 1.99. The lowest BCUT2D eigenvalue weighted by Gasteiger charge is -2.30. The topological polar surface area (TPSA) is 153 Å². The predicted molar refractivity (Wildman–Crippen MR) is 92.2 cm³/mol. The number of amides is 2. The molecule has 2 atom stereocenters. The molecule has 0 aliphatic carbocycles. The van der Waals surface area contributed by atoms with Crippen molar-refractivity contribution in [2.24, 2.45) is 0 Å². The smallest absolute Gasteiger partial charge is 0.269 e. The van der Waals surface area contributed by atoms with Gasteiger partial charge >= 0.3 is 0 Å². The van der Waals surface area contributed by atoms with Crippen LogP contribution >= 0.6 is 0 Å². The Hall–Kier alpha value is -3.87. The number of halogens is 2. The van der Waals surface area contributed by atoms with E-state index in [1.54, 1.807) is 0 Å². The number of tetrazole rings is 1. The number of aromatic nitrogens is 4. The molecule has 2 amide bonds. The normalized spacial score (nSPS) is 13.2. The monoisotopic (exact) mass is 404 g/mol. The lowest BCUT2D eigenvalue weighted by atomic mass is 9.95. The van der Waals surface area contributed by atoms with Crippen LogP contribution in [0.4, 0.5) is 8.78 Å². The summed E-state index contributed by atoms with van der Waals surface area (Å²) >= 11 is 0. The molecule has 0 bridgehead atoms. The molecule has 0 spiro atoms. The van der Waals surface area contributed by atoms with Crippen LogP contribution in [0.2, 0.25) is 0 Å². The van der Waals surface area contributed by atoms with Crippen molar-refractivity contribution in [3.8, 4) is 23.7 Å². The number of alkyl halides is 2. The number of carbonyl (C=O) groups excluding carboxylic acids is 2. The molecule has 29 heavy (non-hydrogen) atoms. The Kier molecular flexibility index (Phi) is 6.92. The number of benzene rings is 1. The van der Waals surface area contributed by atoms with Gasteiger partial charge in [-0.3, -0.25) is 14.8 Å². The lowest BCUT2D eigenvalue weighted by Crippen LogP contribution is -2.61. The van der Waals surface area contributed by atoms with Crippen molar-refractivity contribution in [1.82, 2.24) is 31.4 Å². The van der Waals surface area contributed by atoms with Crippen LogP contribution in [-0.2, 0) is 4.79 Å². The molecule has 1 unspecified atom stereocenters. The molecule has 0 fully saturated rings.